The molecular formula is C15H13NO5. The third kappa shape index (κ3) is 1.53. The highest BCUT2D eigenvalue weighted by Crippen LogP contribution is 2.58. The van der Waals surface area contributed by atoms with Crippen LogP contribution in [0.4, 0.5) is 0 Å². The molecule has 0 N–H and O–H groups in total. The van der Waals surface area contributed by atoms with Crippen molar-refractivity contribution in [2.24, 2.45) is 5.41 Å². The summed E-state index contributed by atoms with van der Waals surface area (Å²) < 4.78 is 5.53. The van der Waals surface area contributed by atoms with Gasteiger partial charge in [0.15, 0.2) is 0 Å². The van der Waals surface area contributed by atoms with Crippen LogP contribution in [-0.4, -0.2) is 35.1 Å². The molecule has 0 atom stereocenters. The Bertz CT molecular complexity index is 654. The van der Waals surface area contributed by atoms with Crippen LogP contribution in [0.3, 0.4) is 0 Å². The van der Waals surface area contributed by atoms with E-state index in [0.717, 1.165) is 0 Å². The van der Waals surface area contributed by atoms with Gasteiger partial charge in [-0.25, -0.2) is 4.79 Å². The van der Waals surface area contributed by atoms with Gasteiger partial charge in [-0.15, -0.1) is 0 Å². The fraction of sp³-hybridized carbons (Fsp3) is 0.400. The van der Waals surface area contributed by atoms with Crippen LogP contribution >= 0.6 is 0 Å². The van der Waals surface area contributed by atoms with Crippen molar-refractivity contribution < 1.29 is 24.0 Å². The first-order chi connectivity index (χ1) is 9.94. The van der Waals surface area contributed by atoms with Crippen molar-refractivity contribution in [2.75, 3.05) is 6.61 Å². The molecule has 21 heavy (non-hydrogen) atoms. The summed E-state index contributed by atoms with van der Waals surface area (Å²) in [6.45, 7) is 2.22. The molecule has 108 valence electrons. The van der Waals surface area contributed by atoms with Crippen LogP contribution in [-0.2, 0) is 14.4 Å². The normalized spacial score (nSPS) is 32.9. The molecular weight excluding hydrogens is 274 g/mol. The maximum absolute atomic E-state index is 12.3. The first-order valence-corrected chi connectivity index (χ1v) is 6.78. The van der Waals surface area contributed by atoms with E-state index < -0.39 is 23.2 Å². The summed E-state index contributed by atoms with van der Waals surface area (Å²) >= 11 is 0. The van der Waals surface area contributed by atoms with Crippen molar-refractivity contribution in [3.8, 4) is 0 Å². The number of hydroxylamine groups is 2. The molecule has 6 nitrogen and oxygen atoms in total. The number of imide groups is 1. The van der Waals surface area contributed by atoms with Crippen LogP contribution in [0.25, 0.3) is 0 Å². The highest BCUT2D eigenvalue weighted by Gasteiger charge is 2.65. The molecule has 3 heterocycles. The van der Waals surface area contributed by atoms with E-state index in [1.165, 1.54) is 0 Å². The average Bonchev–Trinajstić information content (AvgIpc) is 3.04. The number of hydrogen-bond acceptors (Lipinski definition) is 5. The van der Waals surface area contributed by atoms with Crippen LogP contribution in [0, 0.1) is 5.41 Å². The number of carbonyl (C=O) groups is 3. The van der Waals surface area contributed by atoms with E-state index in [2.05, 4.69) is 0 Å². The summed E-state index contributed by atoms with van der Waals surface area (Å²) in [4.78, 5) is 41.7. The lowest BCUT2D eigenvalue weighted by atomic mass is 9.63. The van der Waals surface area contributed by atoms with Gasteiger partial charge in [-0.05, 0) is 31.9 Å². The van der Waals surface area contributed by atoms with Crippen LogP contribution in [0.1, 0.15) is 40.5 Å². The van der Waals surface area contributed by atoms with Gasteiger partial charge in [-0.2, -0.15) is 0 Å². The molecule has 1 saturated carbocycles. The second-order valence-electron chi connectivity index (χ2n) is 6.20. The largest absolute Gasteiger partial charge is 0.374 e. The maximum atomic E-state index is 12.3. The molecule has 5 rings (SSSR count). The minimum Gasteiger partial charge on any atom is -0.374 e. The van der Waals surface area contributed by atoms with Crippen molar-refractivity contribution in [2.45, 2.75) is 25.4 Å². The Kier molecular flexibility index (Phi) is 2.21. The lowest BCUT2D eigenvalue weighted by molar-refractivity contribution is -0.185. The summed E-state index contributed by atoms with van der Waals surface area (Å²) in [5.74, 6) is -1.75. The van der Waals surface area contributed by atoms with Crippen molar-refractivity contribution in [3.05, 3.63) is 35.4 Å². The van der Waals surface area contributed by atoms with Crippen LogP contribution < -0.4 is 0 Å². The fourth-order valence-electron chi connectivity index (χ4n) is 3.53. The standard InChI is InChI=1S/C15H13NO5/c1-14-6-15(7-14,8-20-14)13(19)21-16-11(17)9-4-2-3-5-10(9)12(16)18/h2-5H,6-8H2,1H3. The predicted octanol–water partition coefficient (Wildman–Crippen LogP) is 1.31. The molecule has 1 aromatic rings. The lowest BCUT2D eigenvalue weighted by Crippen LogP contribution is -2.49. The summed E-state index contributed by atoms with van der Waals surface area (Å²) in [5, 5.41) is 0.565. The van der Waals surface area contributed by atoms with Gasteiger partial charge in [0.05, 0.1) is 28.7 Å². The Morgan fingerprint density at radius 2 is 1.76 bits per heavy atom. The van der Waals surface area contributed by atoms with Crippen LogP contribution in [0.2, 0.25) is 0 Å². The van der Waals surface area contributed by atoms with E-state index in [9.17, 15) is 14.4 Å². The Labute approximate surface area is 120 Å². The van der Waals surface area contributed by atoms with E-state index in [-0.39, 0.29) is 23.3 Å². The number of amides is 2. The molecule has 1 aliphatic carbocycles. The van der Waals surface area contributed by atoms with E-state index >= 15 is 0 Å². The van der Waals surface area contributed by atoms with E-state index in [1.807, 2.05) is 6.92 Å². The van der Waals surface area contributed by atoms with Gasteiger partial charge in [0, 0.05) is 0 Å². The number of hydrogen-bond donors (Lipinski definition) is 0. The first kappa shape index (κ1) is 12.5. The number of ether oxygens (including phenoxy) is 1. The van der Waals surface area contributed by atoms with E-state index in [4.69, 9.17) is 9.57 Å². The van der Waals surface area contributed by atoms with Gasteiger partial charge in [-0.3, -0.25) is 9.59 Å². The molecule has 0 spiro atoms. The van der Waals surface area contributed by atoms with Gasteiger partial charge < -0.3 is 9.57 Å². The molecule has 0 radical (unpaired) electrons. The molecule has 2 amide bonds. The van der Waals surface area contributed by atoms with E-state index in [1.54, 1.807) is 24.3 Å². The van der Waals surface area contributed by atoms with Crippen molar-refractivity contribution in [3.63, 3.8) is 0 Å². The van der Waals surface area contributed by atoms with E-state index in [0.29, 0.717) is 17.9 Å². The summed E-state index contributed by atoms with van der Waals surface area (Å²) in [6, 6.07) is 6.41. The molecule has 2 bridgehead atoms. The lowest BCUT2D eigenvalue weighted by Gasteiger charge is -2.40. The molecule has 1 aromatic carbocycles. The zero-order chi connectivity index (χ0) is 14.8. The SMILES string of the molecule is CC12CC(C(=O)ON3C(=O)c4ccccc4C3=O)(CO1)C2. The minimum atomic E-state index is -0.704. The number of fused-ring (bicyclic) bond motifs is 2. The summed E-state index contributed by atoms with van der Waals surface area (Å²) in [5.41, 5.74) is -0.451. The smallest absolute Gasteiger partial charge is 0.341 e. The fourth-order valence-corrected chi connectivity index (χ4v) is 3.53. The van der Waals surface area contributed by atoms with Crippen molar-refractivity contribution in [1.82, 2.24) is 5.06 Å². The molecule has 6 heteroatoms. The Morgan fingerprint density at radius 1 is 1.19 bits per heavy atom. The molecule has 0 aromatic heterocycles. The van der Waals surface area contributed by atoms with Gasteiger partial charge in [0.2, 0.25) is 0 Å². The van der Waals surface area contributed by atoms with Gasteiger partial charge in [0.25, 0.3) is 11.8 Å². The molecule has 0 unspecified atom stereocenters. The monoisotopic (exact) mass is 287 g/mol. The Hall–Kier alpha value is -2.21. The van der Waals surface area contributed by atoms with Crippen molar-refractivity contribution in [1.29, 1.82) is 0 Å². The minimum absolute atomic E-state index is 0.258. The molecule has 4 aliphatic rings. The summed E-state index contributed by atoms with van der Waals surface area (Å²) in [7, 11) is 0. The van der Waals surface area contributed by atoms with Gasteiger partial charge in [-0.1, -0.05) is 17.2 Å². The second kappa shape index (κ2) is 3.71. The number of benzene rings is 1. The number of nitrogens with zero attached hydrogens (tertiary/aromatic N) is 1. The molecule has 3 fully saturated rings. The third-order valence-electron chi connectivity index (χ3n) is 4.49. The number of rotatable bonds is 2. The van der Waals surface area contributed by atoms with Gasteiger partial charge >= 0.3 is 5.97 Å². The Balaban J connectivity index is 1.56. The summed E-state index contributed by atoms with van der Waals surface area (Å²) in [6.07, 6.45) is 1.14. The van der Waals surface area contributed by atoms with Crippen LogP contribution in [0.15, 0.2) is 24.3 Å². The average molecular weight is 287 g/mol. The first-order valence-electron chi connectivity index (χ1n) is 6.78. The highest BCUT2D eigenvalue weighted by atomic mass is 16.7. The topological polar surface area (TPSA) is 72.9 Å². The second-order valence-corrected chi connectivity index (χ2v) is 6.20. The van der Waals surface area contributed by atoms with Crippen LogP contribution in [0.5, 0.6) is 0 Å². The maximum Gasteiger partial charge on any atom is 0.341 e. The third-order valence-corrected chi connectivity index (χ3v) is 4.49. The van der Waals surface area contributed by atoms with Crippen molar-refractivity contribution >= 4 is 17.8 Å². The quantitative estimate of drug-likeness (QED) is 0.767. The number of carbonyl (C=O) groups excluding carboxylic acids is 3. The van der Waals surface area contributed by atoms with Gasteiger partial charge in [0.1, 0.15) is 0 Å². The zero-order valence-corrected chi connectivity index (χ0v) is 11.4. The molecule has 2 saturated heterocycles. The predicted molar refractivity (Wildman–Crippen MR) is 69.1 cm³/mol. The molecule has 3 aliphatic heterocycles. The Morgan fingerprint density at radius 3 is 2.24 bits per heavy atom. The zero-order valence-electron chi connectivity index (χ0n) is 11.4. The highest BCUT2D eigenvalue weighted by molar-refractivity contribution is 6.20.